The third-order valence-corrected chi connectivity index (χ3v) is 2.10. The zero-order valence-corrected chi connectivity index (χ0v) is 8.47. The monoisotopic (exact) mass is 203 g/mol. The fraction of sp³-hybridized carbons (Fsp3) is 0.250. The molecule has 2 atom stereocenters. The highest BCUT2D eigenvalue weighted by molar-refractivity contribution is 5.75. The number of carboxylic acid groups (broad SMARTS) is 1. The Bertz CT molecular complexity index is 389. The van der Waals surface area contributed by atoms with Crippen LogP contribution in [0.5, 0.6) is 0 Å². The molecule has 0 saturated carbocycles. The highest BCUT2D eigenvalue weighted by Crippen LogP contribution is 2.17. The molecule has 15 heavy (non-hydrogen) atoms. The minimum absolute atomic E-state index is 0.450. The Balaban J connectivity index is 3.02. The van der Waals surface area contributed by atoms with E-state index in [1.165, 1.54) is 0 Å². The SMILES string of the molecule is CC#C[C@H](c1ccccc1)[C@H](N)C(=O)O. The maximum absolute atomic E-state index is 10.8. The topological polar surface area (TPSA) is 63.3 Å². The standard InChI is InChI=1S/C12H13NO2/c1-2-6-10(11(13)12(14)15)9-7-4-3-5-8-9/h3-5,7-8,10-11H,13H2,1H3,(H,14,15)/t10-,11+/m1/s1. The van der Waals surface area contributed by atoms with Crippen molar-refractivity contribution in [2.24, 2.45) is 5.73 Å². The number of nitrogens with two attached hydrogens (primary N) is 1. The van der Waals surface area contributed by atoms with Crippen molar-refractivity contribution in [3.05, 3.63) is 35.9 Å². The number of hydrogen-bond acceptors (Lipinski definition) is 2. The Morgan fingerprint density at radius 2 is 2.00 bits per heavy atom. The van der Waals surface area contributed by atoms with Gasteiger partial charge in [0.05, 0.1) is 5.92 Å². The van der Waals surface area contributed by atoms with Gasteiger partial charge in [-0.05, 0) is 12.5 Å². The first kappa shape index (κ1) is 11.3. The molecule has 0 aliphatic rings. The molecule has 3 nitrogen and oxygen atoms in total. The number of benzene rings is 1. The Morgan fingerprint density at radius 3 is 2.47 bits per heavy atom. The summed E-state index contributed by atoms with van der Waals surface area (Å²) in [5.41, 5.74) is 6.41. The van der Waals surface area contributed by atoms with Crippen LogP contribution < -0.4 is 5.73 Å². The average molecular weight is 203 g/mol. The van der Waals surface area contributed by atoms with Gasteiger partial charge in [0.1, 0.15) is 6.04 Å². The Labute approximate surface area is 88.9 Å². The van der Waals surface area contributed by atoms with E-state index in [0.717, 1.165) is 5.56 Å². The van der Waals surface area contributed by atoms with Crippen molar-refractivity contribution in [3.8, 4) is 11.8 Å². The summed E-state index contributed by atoms with van der Waals surface area (Å²) in [6.45, 7) is 1.67. The third kappa shape index (κ3) is 2.83. The van der Waals surface area contributed by atoms with E-state index in [1.807, 2.05) is 30.3 Å². The minimum atomic E-state index is -1.04. The molecule has 0 fully saturated rings. The molecule has 0 radical (unpaired) electrons. The Morgan fingerprint density at radius 1 is 1.40 bits per heavy atom. The predicted octanol–water partition coefficient (Wildman–Crippen LogP) is 1.21. The second kappa shape index (κ2) is 5.18. The van der Waals surface area contributed by atoms with Gasteiger partial charge >= 0.3 is 5.97 Å². The quantitative estimate of drug-likeness (QED) is 0.726. The average Bonchev–Trinajstić information content (AvgIpc) is 2.26. The molecular weight excluding hydrogens is 190 g/mol. The maximum atomic E-state index is 10.8. The van der Waals surface area contributed by atoms with Crippen molar-refractivity contribution < 1.29 is 9.90 Å². The molecule has 0 heterocycles. The van der Waals surface area contributed by atoms with Gasteiger partial charge in [-0.1, -0.05) is 36.3 Å². The summed E-state index contributed by atoms with van der Waals surface area (Å²) in [4.78, 5) is 10.8. The van der Waals surface area contributed by atoms with Gasteiger partial charge in [0.25, 0.3) is 0 Å². The van der Waals surface area contributed by atoms with Gasteiger partial charge in [0, 0.05) is 0 Å². The third-order valence-electron chi connectivity index (χ3n) is 2.10. The fourth-order valence-corrected chi connectivity index (χ4v) is 1.34. The Kier molecular flexibility index (Phi) is 3.90. The number of aliphatic carboxylic acids is 1. The second-order valence-electron chi connectivity index (χ2n) is 3.15. The van der Waals surface area contributed by atoms with Crippen LogP contribution in [0.15, 0.2) is 30.3 Å². The van der Waals surface area contributed by atoms with E-state index >= 15 is 0 Å². The summed E-state index contributed by atoms with van der Waals surface area (Å²) in [5, 5.41) is 8.85. The molecule has 0 amide bonds. The molecule has 1 rings (SSSR count). The van der Waals surface area contributed by atoms with Crippen LogP contribution in [0, 0.1) is 11.8 Å². The number of carboxylic acids is 1. The van der Waals surface area contributed by atoms with Crippen LogP contribution in [0.1, 0.15) is 18.4 Å². The number of rotatable bonds is 3. The largest absolute Gasteiger partial charge is 0.480 e. The van der Waals surface area contributed by atoms with Crippen molar-refractivity contribution in [2.45, 2.75) is 18.9 Å². The van der Waals surface area contributed by atoms with Crippen molar-refractivity contribution >= 4 is 5.97 Å². The predicted molar refractivity (Wildman–Crippen MR) is 58.2 cm³/mol. The van der Waals surface area contributed by atoms with Crippen LogP contribution in [0.25, 0.3) is 0 Å². The van der Waals surface area contributed by atoms with Gasteiger partial charge in [-0.15, -0.1) is 5.92 Å². The maximum Gasteiger partial charge on any atom is 0.322 e. The van der Waals surface area contributed by atoms with E-state index in [-0.39, 0.29) is 0 Å². The smallest absolute Gasteiger partial charge is 0.322 e. The van der Waals surface area contributed by atoms with Crippen LogP contribution in [0.2, 0.25) is 0 Å². The lowest BCUT2D eigenvalue weighted by Gasteiger charge is -2.15. The first-order valence-corrected chi connectivity index (χ1v) is 4.62. The van der Waals surface area contributed by atoms with Gasteiger partial charge in [0.2, 0.25) is 0 Å². The summed E-state index contributed by atoms with van der Waals surface area (Å²) >= 11 is 0. The lowest BCUT2D eigenvalue weighted by Crippen LogP contribution is -2.36. The molecule has 1 aromatic rings. The van der Waals surface area contributed by atoms with E-state index < -0.39 is 17.9 Å². The highest BCUT2D eigenvalue weighted by atomic mass is 16.4. The number of hydrogen-bond donors (Lipinski definition) is 2. The summed E-state index contributed by atoms with van der Waals surface area (Å²) < 4.78 is 0. The van der Waals surface area contributed by atoms with E-state index in [1.54, 1.807) is 6.92 Å². The first-order chi connectivity index (χ1) is 7.16. The second-order valence-corrected chi connectivity index (χ2v) is 3.15. The van der Waals surface area contributed by atoms with E-state index in [2.05, 4.69) is 11.8 Å². The molecular formula is C12H13NO2. The van der Waals surface area contributed by atoms with Crippen LogP contribution in [-0.4, -0.2) is 17.1 Å². The van der Waals surface area contributed by atoms with E-state index in [0.29, 0.717) is 0 Å². The molecule has 3 heteroatoms. The summed E-state index contributed by atoms with van der Waals surface area (Å²) in [6, 6.07) is 8.23. The molecule has 0 aromatic heterocycles. The van der Waals surface area contributed by atoms with Crippen LogP contribution in [0.4, 0.5) is 0 Å². The van der Waals surface area contributed by atoms with Gasteiger partial charge in [0.15, 0.2) is 0 Å². The highest BCUT2D eigenvalue weighted by Gasteiger charge is 2.23. The minimum Gasteiger partial charge on any atom is -0.480 e. The fourth-order valence-electron chi connectivity index (χ4n) is 1.34. The molecule has 1 aromatic carbocycles. The summed E-state index contributed by atoms with van der Waals surface area (Å²) in [7, 11) is 0. The van der Waals surface area contributed by atoms with Crippen molar-refractivity contribution in [1.82, 2.24) is 0 Å². The van der Waals surface area contributed by atoms with Crippen LogP contribution >= 0.6 is 0 Å². The van der Waals surface area contributed by atoms with E-state index in [4.69, 9.17) is 10.8 Å². The van der Waals surface area contributed by atoms with Gasteiger partial charge in [-0.2, -0.15) is 0 Å². The zero-order chi connectivity index (χ0) is 11.3. The first-order valence-electron chi connectivity index (χ1n) is 4.62. The van der Waals surface area contributed by atoms with Gasteiger partial charge in [-0.3, -0.25) is 4.79 Å². The molecule has 0 aliphatic carbocycles. The normalized spacial score (nSPS) is 13.5. The molecule has 78 valence electrons. The van der Waals surface area contributed by atoms with Crippen molar-refractivity contribution in [3.63, 3.8) is 0 Å². The zero-order valence-electron chi connectivity index (χ0n) is 8.47. The molecule has 0 saturated heterocycles. The van der Waals surface area contributed by atoms with Crippen molar-refractivity contribution in [1.29, 1.82) is 0 Å². The lowest BCUT2D eigenvalue weighted by molar-refractivity contribution is -0.138. The van der Waals surface area contributed by atoms with Gasteiger partial charge in [-0.25, -0.2) is 0 Å². The lowest BCUT2D eigenvalue weighted by atomic mass is 9.92. The molecule has 0 aliphatic heterocycles. The van der Waals surface area contributed by atoms with Crippen LogP contribution in [0.3, 0.4) is 0 Å². The van der Waals surface area contributed by atoms with E-state index in [9.17, 15) is 4.79 Å². The molecule has 3 N–H and O–H groups in total. The molecule has 0 bridgehead atoms. The molecule has 0 unspecified atom stereocenters. The summed E-state index contributed by atoms with van der Waals surface area (Å²) in [5.74, 6) is 4.05. The summed E-state index contributed by atoms with van der Waals surface area (Å²) in [6.07, 6.45) is 0. The number of carbonyl (C=O) groups is 1. The van der Waals surface area contributed by atoms with Crippen LogP contribution in [-0.2, 0) is 4.79 Å². The van der Waals surface area contributed by atoms with Gasteiger partial charge < -0.3 is 10.8 Å². The molecule has 0 spiro atoms. The van der Waals surface area contributed by atoms with Crippen molar-refractivity contribution in [2.75, 3.05) is 0 Å². The Hall–Kier alpha value is -1.79.